The van der Waals surface area contributed by atoms with E-state index in [2.05, 4.69) is 0 Å². The van der Waals surface area contributed by atoms with Gasteiger partial charge in [-0.1, -0.05) is 23.7 Å². The van der Waals surface area contributed by atoms with Gasteiger partial charge in [-0.25, -0.2) is 0 Å². The summed E-state index contributed by atoms with van der Waals surface area (Å²) >= 11 is 5.58. The number of benzene rings is 1. The van der Waals surface area contributed by atoms with Crippen molar-refractivity contribution in [2.75, 3.05) is 13.2 Å². The first-order valence-electron chi connectivity index (χ1n) is 4.57. The maximum atomic E-state index is 12.8. The van der Waals surface area contributed by atoms with E-state index < -0.39 is 17.3 Å². The Bertz CT molecular complexity index is 415. The fraction of sp³-hybridized carbons (Fsp3) is 0.400. The number of halogens is 4. The number of nitrogens with two attached hydrogens (primary N) is 1. The molecule has 2 N–H and O–H groups in total. The van der Waals surface area contributed by atoms with Crippen molar-refractivity contribution >= 4 is 11.6 Å². The second-order valence-electron chi connectivity index (χ2n) is 3.81. The molecule has 1 aromatic carbocycles. The topological polar surface area (TPSA) is 35.2 Å². The van der Waals surface area contributed by atoms with Gasteiger partial charge in [-0.05, 0) is 11.6 Å². The first kappa shape index (κ1) is 11.7. The van der Waals surface area contributed by atoms with Gasteiger partial charge < -0.3 is 10.5 Å². The predicted molar refractivity (Wildman–Crippen MR) is 53.1 cm³/mol. The summed E-state index contributed by atoms with van der Waals surface area (Å²) in [6, 6.07) is 4.01. The predicted octanol–water partition coefficient (Wildman–Crippen LogP) is 2.54. The van der Waals surface area contributed by atoms with Gasteiger partial charge in [0.25, 0.3) is 0 Å². The zero-order chi connectivity index (χ0) is 12.0. The van der Waals surface area contributed by atoms with Crippen LogP contribution in [0.3, 0.4) is 0 Å². The largest absolute Gasteiger partial charge is 0.418 e. The highest BCUT2D eigenvalue weighted by molar-refractivity contribution is 6.31. The monoisotopic (exact) mass is 251 g/mol. The van der Waals surface area contributed by atoms with E-state index in [1.54, 1.807) is 0 Å². The fourth-order valence-electron chi connectivity index (χ4n) is 1.70. The Morgan fingerprint density at radius 2 is 1.94 bits per heavy atom. The second kappa shape index (κ2) is 3.61. The molecule has 1 aliphatic heterocycles. The van der Waals surface area contributed by atoms with Gasteiger partial charge in [0.05, 0.1) is 29.3 Å². The van der Waals surface area contributed by atoms with Crippen LogP contribution in [-0.4, -0.2) is 13.2 Å². The molecule has 1 fully saturated rings. The maximum absolute atomic E-state index is 12.8. The molecule has 1 saturated heterocycles. The Morgan fingerprint density at radius 3 is 2.38 bits per heavy atom. The summed E-state index contributed by atoms with van der Waals surface area (Å²) in [5.41, 5.74) is 3.87. The zero-order valence-electron chi connectivity index (χ0n) is 8.14. The van der Waals surface area contributed by atoms with Crippen LogP contribution < -0.4 is 5.73 Å². The van der Waals surface area contributed by atoms with Crippen LogP contribution in [0.25, 0.3) is 0 Å². The maximum Gasteiger partial charge on any atom is 0.418 e. The van der Waals surface area contributed by atoms with Crippen LogP contribution in [0.15, 0.2) is 18.2 Å². The standard InChI is InChI=1S/C10H9ClF3NO/c11-7-3-1-2-6(8(7)10(12,13)14)9(15)4-16-5-9/h1-3H,4-5,15H2. The molecule has 0 atom stereocenters. The Morgan fingerprint density at radius 1 is 1.31 bits per heavy atom. The average Bonchev–Trinajstić information content (AvgIpc) is 2.11. The molecule has 6 heteroatoms. The quantitative estimate of drug-likeness (QED) is 0.833. The van der Waals surface area contributed by atoms with Crippen LogP contribution in [0.1, 0.15) is 11.1 Å². The van der Waals surface area contributed by atoms with Crippen molar-refractivity contribution in [3.05, 3.63) is 34.3 Å². The highest BCUT2D eigenvalue weighted by Crippen LogP contribution is 2.42. The summed E-state index contributed by atoms with van der Waals surface area (Å²) in [5.74, 6) is 0. The van der Waals surface area contributed by atoms with E-state index in [0.29, 0.717) is 0 Å². The minimum atomic E-state index is -4.50. The van der Waals surface area contributed by atoms with Gasteiger partial charge in [0.2, 0.25) is 0 Å². The summed E-state index contributed by atoms with van der Waals surface area (Å²) in [4.78, 5) is 0. The number of rotatable bonds is 1. The summed E-state index contributed by atoms with van der Waals surface area (Å²) in [7, 11) is 0. The van der Waals surface area contributed by atoms with Crippen molar-refractivity contribution in [2.24, 2.45) is 5.73 Å². The van der Waals surface area contributed by atoms with Gasteiger partial charge in [-0.15, -0.1) is 0 Å². The van der Waals surface area contributed by atoms with Crippen LogP contribution in [-0.2, 0) is 16.5 Å². The van der Waals surface area contributed by atoms with Crippen LogP contribution in [0, 0.1) is 0 Å². The number of hydrogen-bond acceptors (Lipinski definition) is 2. The van der Waals surface area contributed by atoms with Gasteiger partial charge in [0, 0.05) is 0 Å². The van der Waals surface area contributed by atoms with E-state index in [9.17, 15) is 13.2 Å². The Hall–Kier alpha value is -0.780. The van der Waals surface area contributed by atoms with Crippen molar-refractivity contribution in [1.82, 2.24) is 0 Å². The van der Waals surface area contributed by atoms with Crippen molar-refractivity contribution in [3.8, 4) is 0 Å². The molecular weight excluding hydrogens is 243 g/mol. The lowest BCUT2D eigenvalue weighted by Crippen LogP contribution is -2.55. The molecule has 0 bridgehead atoms. The smallest absolute Gasteiger partial charge is 0.377 e. The molecule has 1 aromatic rings. The van der Waals surface area contributed by atoms with Crippen LogP contribution in [0.4, 0.5) is 13.2 Å². The van der Waals surface area contributed by atoms with E-state index in [4.69, 9.17) is 22.1 Å². The molecule has 0 aromatic heterocycles. The van der Waals surface area contributed by atoms with Gasteiger partial charge in [-0.2, -0.15) is 13.2 Å². The molecule has 88 valence electrons. The molecule has 1 heterocycles. The average molecular weight is 252 g/mol. The third kappa shape index (κ3) is 1.79. The summed E-state index contributed by atoms with van der Waals surface area (Å²) < 4.78 is 43.3. The van der Waals surface area contributed by atoms with E-state index in [1.807, 2.05) is 0 Å². The van der Waals surface area contributed by atoms with Gasteiger partial charge in [-0.3, -0.25) is 0 Å². The van der Waals surface area contributed by atoms with Crippen LogP contribution in [0.5, 0.6) is 0 Å². The Balaban J connectivity index is 2.57. The summed E-state index contributed by atoms with van der Waals surface area (Å²) in [6.45, 7) is 0.160. The van der Waals surface area contributed by atoms with Crippen molar-refractivity contribution in [1.29, 1.82) is 0 Å². The molecule has 0 amide bonds. The van der Waals surface area contributed by atoms with Gasteiger partial charge in [0.15, 0.2) is 0 Å². The highest BCUT2D eigenvalue weighted by atomic mass is 35.5. The lowest BCUT2D eigenvalue weighted by atomic mass is 9.85. The highest BCUT2D eigenvalue weighted by Gasteiger charge is 2.45. The van der Waals surface area contributed by atoms with Gasteiger partial charge >= 0.3 is 6.18 Å². The van der Waals surface area contributed by atoms with Crippen molar-refractivity contribution < 1.29 is 17.9 Å². The van der Waals surface area contributed by atoms with Crippen LogP contribution >= 0.6 is 11.6 Å². The molecule has 2 nitrogen and oxygen atoms in total. The number of ether oxygens (including phenoxy) is 1. The third-order valence-corrected chi connectivity index (χ3v) is 2.87. The van der Waals surface area contributed by atoms with Crippen LogP contribution in [0.2, 0.25) is 5.02 Å². The molecule has 0 spiro atoms. The molecule has 0 unspecified atom stereocenters. The van der Waals surface area contributed by atoms with Crippen molar-refractivity contribution in [2.45, 2.75) is 11.7 Å². The van der Waals surface area contributed by atoms with E-state index in [0.717, 1.165) is 0 Å². The van der Waals surface area contributed by atoms with E-state index >= 15 is 0 Å². The first-order valence-corrected chi connectivity index (χ1v) is 4.95. The molecule has 2 rings (SSSR count). The van der Waals surface area contributed by atoms with Crippen molar-refractivity contribution in [3.63, 3.8) is 0 Å². The summed E-state index contributed by atoms with van der Waals surface area (Å²) in [5, 5.41) is -0.332. The molecule has 16 heavy (non-hydrogen) atoms. The minimum Gasteiger partial charge on any atom is -0.377 e. The minimum absolute atomic E-state index is 0.00116. The third-order valence-electron chi connectivity index (χ3n) is 2.55. The summed E-state index contributed by atoms with van der Waals surface area (Å²) in [6.07, 6.45) is -4.50. The normalized spacial score (nSPS) is 19.3. The van der Waals surface area contributed by atoms with Gasteiger partial charge in [0.1, 0.15) is 0 Å². The molecule has 1 aliphatic rings. The van der Waals surface area contributed by atoms with E-state index in [-0.39, 0.29) is 23.8 Å². The number of hydrogen-bond donors (Lipinski definition) is 1. The molecule has 0 aliphatic carbocycles. The number of alkyl halides is 3. The lowest BCUT2D eigenvalue weighted by molar-refractivity contribution is -0.141. The SMILES string of the molecule is NC1(c2cccc(Cl)c2C(F)(F)F)COC1. The Kier molecular flexibility index (Phi) is 2.64. The van der Waals surface area contributed by atoms with E-state index in [1.165, 1.54) is 18.2 Å². The fourth-order valence-corrected chi connectivity index (χ4v) is 1.99. The Labute approximate surface area is 95.1 Å². The first-order chi connectivity index (χ1) is 7.34. The lowest BCUT2D eigenvalue weighted by Gasteiger charge is -2.39. The molecule has 0 saturated carbocycles. The molecule has 0 radical (unpaired) electrons. The second-order valence-corrected chi connectivity index (χ2v) is 4.22. The molecular formula is C10H9ClF3NO. The zero-order valence-corrected chi connectivity index (χ0v) is 8.90.